The number of hydrogen-bond acceptors (Lipinski definition) is 4. The third kappa shape index (κ3) is 10.1. The second-order valence-electron chi connectivity index (χ2n) is 28.8. The minimum atomic E-state index is -0.322. The molecular weight excluding hydrogens is 1180 g/mol. The SMILES string of the molecule is CC(C)(C)c1ccc(-c2c3nc(c(-c4ccc(C#Cc5ccc6c7ccc8c9c(ccc(c%10cccc5c%106)c97)C(=O)N(c5cc(C(C)(C)C)ccc5C(C)(C)C)C8=O)cc4)c4ccc([n-]4)c(-c4ccc(C(C)(C)C)cc4)c4nc(cc5ccc2[n-]5)C=C4)C=C3)cc1.[Zn+2]. The third-order valence-electron chi connectivity index (χ3n) is 18.6. The van der Waals surface area contributed by atoms with Crippen molar-refractivity contribution >= 4 is 107 Å². The predicted molar refractivity (Wildman–Crippen MR) is 379 cm³/mol. The molecule has 0 fully saturated rings. The zero-order chi connectivity index (χ0) is 63.2. The molecule has 0 radical (unpaired) electrons. The second kappa shape index (κ2) is 21.7. The minimum Gasteiger partial charge on any atom is -0.657 e. The van der Waals surface area contributed by atoms with Gasteiger partial charge in [0.1, 0.15) is 0 Å². The molecule has 12 aromatic rings. The summed E-state index contributed by atoms with van der Waals surface area (Å²) in [6, 6.07) is 61.4. The zero-order valence-electron chi connectivity index (χ0n) is 54.3. The Morgan fingerprint density at radius 2 is 0.859 bits per heavy atom. The average molecular weight is 1250 g/mol. The van der Waals surface area contributed by atoms with Gasteiger partial charge in [0.15, 0.2) is 0 Å². The normalized spacial score (nSPS) is 13.4. The van der Waals surface area contributed by atoms with Crippen LogP contribution in [0, 0.1) is 11.8 Å². The second-order valence-corrected chi connectivity index (χ2v) is 28.8. The number of carbonyl (C=O) groups is 2. The van der Waals surface area contributed by atoms with E-state index in [1.165, 1.54) is 16.0 Å². The Balaban J connectivity index is 0.00000735. The van der Waals surface area contributed by atoms with Gasteiger partial charge in [-0.15, -0.1) is 22.1 Å². The number of fused-ring (bicyclic) bond motifs is 10. The van der Waals surface area contributed by atoms with Crippen LogP contribution in [0.15, 0.2) is 176 Å². The van der Waals surface area contributed by atoms with Crippen LogP contribution in [-0.2, 0) is 41.1 Å². The number of nitrogens with zero attached hydrogens (tertiary/aromatic N) is 5. The van der Waals surface area contributed by atoms with Crippen molar-refractivity contribution in [1.29, 1.82) is 0 Å². The van der Waals surface area contributed by atoms with E-state index in [1.54, 1.807) is 0 Å². The van der Waals surface area contributed by atoms with E-state index in [0.717, 1.165) is 138 Å². The number of aromatic nitrogens is 4. The molecular formula is C84H69N5O2Zn. The molecule has 9 aromatic carbocycles. The number of hydrogen-bond donors (Lipinski definition) is 0. The van der Waals surface area contributed by atoms with E-state index in [1.807, 2.05) is 24.3 Å². The van der Waals surface area contributed by atoms with Crippen molar-refractivity contribution in [3.05, 3.63) is 243 Å². The van der Waals surface area contributed by atoms with E-state index in [2.05, 4.69) is 271 Å². The van der Waals surface area contributed by atoms with Crippen LogP contribution >= 0.6 is 0 Å². The number of imide groups is 1. The molecule has 0 aliphatic carbocycles. The zero-order valence-corrected chi connectivity index (χ0v) is 57.3. The molecule has 3 aromatic heterocycles. The Kier molecular flexibility index (Phi) is 14.1. The van der Waals surface area contributed by atoms with Gasteiger partial charge < -0.3 is 9.97 Å². The largest absolute Gasteiger partial charge is 2.00 e. The van der Waals surface area contributed by atoms with Crippen molar-refractivity contribution in [2.45, 2.75) is 105 Å². The van der Waals surface area contributed by atoms with Crippen LogP contribution in [0.5, 0.6) is 0 Å². The van der Waals surface area contributed by atoms with Gasteiger partial charge >= 0.3 is 19.5 Å². The maximum Gasteiger partial charge on any atom is 2.00 e. The van der Waals surface area contributed by atoms with E-state index in [4.69, 9.17) is 19.9 Å². The van der Waals surface area contributed by atoms with Crippen molar-refractivity contribution in [2.75, 3.05) is 4.90 Å². The van der Waals surface area contributed by atoms with Crippen molar-refractivity contribution in [3.63, 3.8) is 0 Å². The van der Waals surface area contributed by atoms with Gasteiger partial charge in [-0.3, -0.25) is 9.59 Å². The molecule has 8 heteroatoms. The van der Waals surface area contributed by atoms with Gasteiger partial charge in [0.2, 0.25) is 0 Å². The van der Waals surface area contributed by atoms with E-state index >= 15 is 0 Å². The monoisotopic (exact) mass is 1240 g/mol. The third-order valence-corrected chi connectivity index (χ3v) is 18.6. The molecule has 15 rings (SSSR count). The Labute approximate surface area is 550 Å². The average Bonchev–Trinajstić information content (AvgIpc) is 0.835. The summed E-state index contributed by atoms with van der Waals surface area (Å²) in [7, 11) is 0. The van der Waals surface area contributed by atoms with Crippen LogP contribution < -0.4 is 14.9 Å². The Morgan fingerprint density at radius 1 is 0.391 bits per heavy atom. The quantitative estimate of drug-likeness (QED) is 0.0573. The van der Waals surface area contributed by atoms with Gasteiger partial charge in [0.05, 0.1) is 28.5 Å². The van der Waals surface area contributed by atoms with E-state index in [0.29, 0.717) is 22.2 Å². The first-order valence-electron chi connectivity index (χ1n) is 31.5. The van der Waals surface area contributed by atoms with Crippen molar-refractivity contribution in [1.82, 2.24) is 19.9 Å². The van der Waals surface area contributed by atoms with Crippen LogP contribution in [0.25, 0.3) is 123 Å². The predicted octanol–water partition coefficient (Wildman–Crippen LogP) is 20.4. The maximum atomic E-state index is 15.0. The van der Waals surface area contributed by atoms with Crippen LogP contribution in [0.3, 0.4) is 0 Å². The number of carbonyl (C=O) groups excluding carboxylic acids is 2. The molecule has 7 nitrogen and oxygen atoms in total. The van der Waals surface area contributed by atoms with Gasteiger partial charge in [0.25, 0.3) is 11.8 Å². The van der Waals surface area contributed by atoms with Crippen LogP contribution in [0.2, 0.25) is 0 Å². The van der Waals surface area contributed by atoms with Gasteiger partial charge in [0, 0.05) is 27.6 Å². The van der Waals surface area contributed by atoms with Crippen molar-refractivity contribution < 1.29 is 29.1 Å². The molecule has 3 aliphatic rings. The Morgan fingerprint density at radius 3 is 1.41 bits per heavy atom. The molecule has 92 heavy (non-hydrogen) atoms. The molecule has 0 atom stereocenters. The fraction of sp³-hybridized carbons (Fsp3) is 0.190. The smallest absolute Gasteiger partial charge is 0.657 e. The van der Waals surface area contributed by atoms with Crippen LogP contribution in [-0.4, -0.2) is 21.8 Å². The van der Waals surface area contributed by atoms with E-state index < -0.39 is 0 Å². The molecule has 0 unspecified atom stereocenters. The summed E-state index contributed by atoms with van der Waals surface area (Å²) in [6.07, 6.45) is 8.37. The molecule has 0 saturated heterocycles. The van der Waals surface area contributed by atoms with E-state index in [-0.39, 0.29) is 53.0 Å². The molecule has 8 bridgehead atoms. The fourth-order valence-corrected chi connectivity index (χ4v) is 13.7. The fourth-order valence-electron chi connectivity index (χ4n) is 13.7. The maximum absolute atomic E-state index is 15.0. The molecule has 0 spiro atoms. The Bertz CT molecular complexity index is 5280. The first kappa shape index (κ1) is 59.8. The van der Waals surface area contributed by atoms with Gasteiger partial charge in [-0.1, -0.05) is 234 Å². The first-order chi connectivity index (χ1) is 43.4. The van der Waals surface area contributed by atoms with Gasteiger partial charge in [-0.05, 0) is 176 Å². The molecule has 444 valence electrons. The topological polar surface area (TPSA) is 91.4 Å². The number of anilines is 1. The van der Waals surface area contributed by atoms with Crippen LogP contribution in [0.4, 0.5) is 5.69 Å². The first-order valence-corrected chi connectivity index (χ1v) is 31.5. The number of benzene rings is 9. The number of rotatable bonds is 4. The summed E-state index contributed by atoms with van der Waals surface area (Å²) < 4.78 is 0. The van der Waals surface area contributed by atoms with Crippen LogP contribution in [0.1, 0.15) is 160 Å². The van der Waals surface area contributed by atoms with Gasteiger partial charge in [-0.2, -0.15) is 0 Å². The summed E-state index contributed by atoms with van der Waals surface area (Å²) in [5, 5.41) is 7.84. The summed E-state index contributed by atoms with van der Waals surface area (Å²) in [5.74, 6) is 6.52. The van der Waals surface area contributed by atoms with Gasteiger partial charge in [-0.25, -0.2) is 14.9 Å². The van der Waals surface area contributed by atoms with E-state index in [9.17, 15) is 9.59 Å². The molecule has 0 saturated carbocycles. The molecule has 2 amide bonds. The number of amides is 2. The van der Waals surface area contributed by atoms with Crippen molar-refractivity contribution in [3.8, 4) is 45.2 Å². The molecule has 3 aliphatic heterocycles. The standard InChI is InChI=1S/C84H70N5O2.Zn/c1-81(2,3)53-27-22-51(23-28-53)73-66-40-32-56(85-66)47-57-33-41-67(86-57)74(52-24-29-54(30-25-52)82(4,5)6)69-43-45-71(88-69)75(70-44-42-68(73)87-70)50-20-17-48(18-21-50)16-19-49-26-34-60-62-36-38-64-78-63(37-35-61(77(62)78)59-15-13-14-58(49)76(59)60)79(90)89(80(64)91)72-46-55(83(7,8)9)31-39-65(72)84(10,11)12;/h13-15,17-18,20-47H,1-12H3,(H-,85,86,87,88,90,91);/q-1;+2/p-1. The summed E-state index contributed by atoms with van der Waals surface area (Å²) in [6.45, 7) is 26.3. The summed E-state index contributed by atoms with van der Waals surface area (Å²) in [5.41, 5.74) is 19.8. The molecule has 6 heterocycles. The minimum absolute atomic E-state index is 0. The summed E-state index contributed by atoms with van der Waals surface area (Å²) in [4.78, 5) is 52.9. The summed E-state index contributed by atoms with van der Waals surface area (Å²) >= 11 is 0. The molecule has 0 N–H and O–H groups in total. The Hall–Kier alpha value is -9.80. The van der Waals surface area contributed by atoms with Crippen molar-refractivity contribution in [2.24, 2.45) is 0 Å².